The normalized spacial score (nSPS) is 11.2. The first-order chi connectivity index (χ1) is 12.4. The van der Waals surface area contributed by atoms with Gasteiger partial charge in [-0.3, -0.25) is 0 Å². The first-order valence-electron chi connectivity index (χ1n) is 8.33. The molecule has 0 fully saturated rings. The largest absolute Gasteiger partial charge is 0.456 e. The second kappa shape index (κ2) is 5.60. The molecule has 2 nitrogen and oxygen atoms in total. The second-order valence-electron chi connectivity index (χ2n) is 6.06. The number of aromatic nitrogens is 1. The molecule has 0 N–H and O–H groups in total. The minimum absolute atomic E-state index is 0.827. The van der Waals surface area contributed by atoms with Gasteiger partial charge in [-0.1, -0.05) is 60.7 Å². The molecule has 2 heteroatoms. The molecule has 0 aliphatic heterocycles. The molecule has 0 unspecified atom stereocenters. The van der Waals surface area contributed by atoms with Gasteiger partial charge in [0.2, 0.25) is 0 Å². The summed E-state index contributed by atoms with van der Waals surface area (Å²) >= 11 is 0. The van der Waals surface area contributed by atoms with Gasteiger partial charge in [-0.25, -0.2) is 4.98 Å². The molecule has 0 radical (unpaired) electrons. The van der Waals surface area contributed by atoms with Gasteiger partial charge in [0.15, 0.2) is 0 Å². The van der Waals surface area contributed by atoms with E-state index >= 15 is 0 Å². The Kier molecular flexibility index (Phi) is 3.14. The third kappa shape index (κ3) is 2.31. The zero-order chi connectivity index (χ0) is 16.6. The van der Waals surface area contributed by atoms with Gasteiger partial charge in [0.05, 0.1) is 11.0 Å². The van der Waals surface area contributed by atoms with Gasteiger partial charge in [-0.2, -0.15) is 0 Å². The third-order valence-electron chi connectivity index (χ3n) is 4.49. The lowest BCUT2D eigenvalue weighted by atomic mass is 10.0. The molecule has 0 bridgehead atoms. The number of rotatable bonds is 2. The van der Waals surface area contributed by atoms with Crippen LogP contribution in [0.15, 0.2) is 91.0 Å². The molecule has 5 rings (SSSR count). The van der Waals surface area contributed by atoms with Crippen LogP contribution in [0.3, 0.4) is 0 Å². The number of para-hydroxylation sites is 2. The van der Waals surface area contributed by atoms with Gasteiger partial charge < -0.3 is 4.74 Å². The quantitative estimate of drug-likeness (QED) is 0.280. The minimum Gasteiger partial charge on any atom is -0.456 e. The molecule has 0 saturated carbocycles. The molecule has 0 spiro atoms. The van der Waals surface area contributed by atoms with Crippen molar-refractivity contribution in [1.82, 2.24) is 4.98 Å². The van der Waals surface area contributed by atoms with Crippen LogP contribution in [0, 0.1) is 0 Å². The molecule has 1 aromatic heterocycles. The number of pyridine rings is 1. The van der Waals surface area contributed by atoms with Crippen molar-refractivity contribution in [3.8, 4) is 11.5 Å². The summed E-state index contributed by atoms with van der Waals surface area (Å²) in [5, 5.41) is 4.38. The highest BCUT2D eigenvalue weighted by molar-refractivity contribution is 6.12. The average Bonchev–Trinajstić information content (AvgIpc) is 2.68. The highest BCUT2D eigenvalue weighted by Crippen LogP contribution is 2.38. The van der Waals surface area contributed by atoms with Crippen molar-refractivity contribution in [2.75, 3.05) is 0 Å². The molecular formula is C23H15NO. The monoisotopic (exact) mass is 321 g/mol. The highest BCUT2D eigenvalue weighted by Gasteiger charge is 2.13. The maximum absolute atomic E-state index is 6.31. The fourth-order valence-corrected chi connectivity index (χ4v) is 3.30. The van der Waals surface area contributed by atoms with E-state index in [4.69, 9.17) is 9.72 Å². The van der Waals surface area contributed by atoms with Crippen molar-refractivity contribution in [3.63, 3.8) is 0 Å². The second-order valence-corrected chi connectivity index (χ2v) is 6.06. The van der Waals surface area contributed by atoms with Gasteiger partial charge in [-0.15, -0.1) is 0 Å². The molecule has 0 aliphatic rings. The number of ether oxygens (including phenoxy) is 1. The summed E-state index contributed by atoms with van der Waals surface area (Å²) in [6.45, 7) is 0. The average molecular weight is 321 g/mol. The highest BCUT2D eigenvalue weighted by atomic mass is 16.5. The van der Waals surface area contributed by atoms with Crippen LogP contribution in [0.1, 0.15) is 0 Å². The summed E-state index contributed by atoms with van der Waals surface area (Å²) in [6, 6.07) is 30.6. The van der Waals surface area contributed by atoms with Gasteiger partial charge in [0, 0.05) is 16.2 Å². The van der Waals surface area contributed by atoms with E-state index in [-0.39, 0.29) is 0 Å². The Balaban J connectivity index is 1.90. The van der Waals surface area contributed by atoms with E-state index in [0.29, 0.717) is 0 Å². The van der Waals surface area contributed by atoms with Crippen molar-refractivity contribution in [2.45, 2.75) is 0 Å². The number of hydrogen-bond donors (Lipinski definition) is 0. The third-order valence-corrected chi connectivity index (χ3v) is 4.49. The molecule has 0 amide bonds. The van der Waals surface area contributed by atoms with Gasteiger partial charge in [0.1, 0.15) is 11.5 Å². The molecule has 4 aromatic carbocycles. The van der Waals surface area contributed by atoms with Crippen molar-refractivity contribution < 1.29 is 4.74 Å². The maximum Gasteiger partial charge on any atom is 0.146 e. The minimum atomic E-state index is 0.827. The maximum atomic E-state index is 6.31. The van der Waals surface area contributed by atoms with E-state index in [1.807, 2.05) is 48.5 Å². The zero-order valence-electron chi connectivity index (χ0n) is 13.5. The van der Waals surface area contributed by atoms with Crippen molar-refractivity contribution in [3.05, 3.63) is 91.0 Å². The summed E-state index contributed by atoms with van der Waals surface area (Å²) in [7, 11) is 0. The Morgan fingerprint density at radius 1 is 0.560 bits per heavy atom. The first-order valence-corrected chi connectivity index (χ1v) is 8.33. The van der Waals surface area contributed by atoms with E-state index in [1.165, 1.54) is 5.39 Å². The van der Waals surface area contributed by atoms with E-state index < -0.39 is 0 Å². The van der Waals surface area contributed by atoms with Gasteiger partial charge in [0.25, 0.3) is 0 Å². The molecule has 0 aliphatic carbocycles. The Morgan fingerprint density at radius 2 is 1.28 bits per heavy atom. The van der Waals surface area contributed by atoms with Crippen LogP contribution in [0.5, 0.6) is 11.5 Å². The molecule has 118 valence electrons. The predicted molar refractivity (Wildman–Crippen MR) is 103 cm³/mol. The summed E-state index contributed by atoms with van der Waals surface area (Å²) in [5.74, 6) is 1.69. The Labute approximate surface area is 145 Å². The number of nitrogens with zero attached hydrogens (tertiary/aromatic N) is 1. The fourth-order valence-electron chi connectivity index (χ4n) is 3.30. The van der Waals surface area contributed by atoms with E-state index in [1.54, 1.807) is 0 Å². The summed E-state index contributed by atoms with van der Waals surface area (Å²) in [4.78, 5) is 4.93. The van der Waals surface area contributed by atoms with Crippen LogP contribution in [0.2, 0.25) is 0 Å². The molecule has 25 heavy (non-hydrogen) atoms. The van der Waals surface area contributed by atoms with E-state index in [9.17, 15) is 0 Å². The Bertz CT molecular complexity index is 1210. The van der Waals surface area contributed by atoms with Crippen LogP contribution in [0.4, 0.5) is 0 Å². The summed E-state index contributed by atoms with van der Waals surface area (Å²) in [5.41, 5.74) is 1.92. The van der Waals surface area contributed by atoms with Crippen molar-refractivity contribution in [2.24, 2.45) is 0 Å². The zero-order valence-corrected chi connectivity index (χ0v) is 13.5. The lowest BCUT2D eigenvalue weighted by Crippen LogP contribution is -1.91. The van der Waals surface area contributed by atoms with Crippen molar-refractivity contribution in [1.29, 1.82) is 0 Å². The topological polar surface area (TPSA) is 22.1 Å². The number of fused-ring (bicyclic) bond motifs is 4. The van der Waals surface area contributed by atoms with Crippen LogP contribution in [-0.4, -0.2) is 4.98 Å². The number of hydrogen-bond acceptors (Lipinski definition) is 2. The Hall–Kier alpha value is -3.39. The summed E-state index contributed by atoms with van der Waals surface area (Å²) in [6.07, 6.45) is 0. The van der Waals surface area contributed by atoms with E-state index in [0.717, 1.165) is 38.7 Å². The predicted octanol–water partition coefficient (Wildman–Crippen LogP) is 6.33. The molecule has 0 atom stereocenters. The van der Waals surface area contributed by atoms with Crippen LogP contribution in [-0.2, 0) is 0 Å². The van der Waals surface area contributed by atoms with Crippen LogP contribution < -0.4 is 4.74 Å². The standard InChI is InChI=1S/C23H15NO/c1-2-9-17(10-3-1)25-23-19-12-6-7-13-21(19)24-22-18-11-5-4-8-16(18)14-15-20(22)23/h1-15H. The smallest absolute Gasteiger partial charge is 0.146 e. The van der Waals surface area contributed by atoms with Crippen LogP contribution >= 0.6 is 0 Å². The molecule has 0 saturated heterocycles. The lowest BCUT2D eigenvalue weighted by Gasteiger charge is -2.13. The Morgan fingerprint density at radius 3 is 2.16 bits per heavy atom. The summed E-state index contributed by atoms with van der Waals surface area (Å²) < 4.78 is 6.31. The molecule has 1 heterocycles. The van der Waals surface area contributed by atoms with Crippen molar-refractivity contribution >= 4 is 32.6 Å². The SMILES string of the molecule is c1ccc(Oc2c3ccccc3nc3c2ccc2ccccc23)cc1. The fraction of sp³-hybridized carbons (Fsp3) is 0. The van der Waals surface area contributed by atoms with Gasteiger partial charge >= 0.3 is 0 Å². The lowest BCUT2D eigenvalue weighted by molar-refractivity contribution is 0.493. The first kappa shape index (κ1) is 14.0. The van der Waals surface area contributed by atoms with E-state index in [2.05, 4.69) is 42.5 Å². The molecular weight excluding hydrogens is 306 g/mol. The van der Waals surface area contributed by atoms with Crippen LogP contribution in [0.25, 0.3) is 32.6 Å². The number of benzene rings is 4. The van der Waals surface area contributed by atoms with Gasteiger partial charge in [-0.05, 0) is 35.7 Å². The molecule has 5 aromatic rings.